The van der Waals surface area contributed by atoms with Gasteiger partial charge in [-0.25, -0.2) is 4.39 Å². The molecule has 2 nitrogen and oxygen atoms in total. The first kappa shape index (κ1) is 12.1. The van der Waals surface area contributed by atoms with Gasteiger partial charge in [0.05, 0.1) is 17.3 Å². The quantitative estimate of drug-likeness (QED) is 0.889. The number of halogens is 1. The van der Waals surface area contributed by atoms with Crippen molar-refractivity contribution in [2.24, 2.45) is 0 Å². The number of hydrogen-bond acceptors (Lipinski definition) is 2. The van der Waals surface area contributed by atoms with Crippen LogP contribution in [0.1, 0.15) is 16.7 Å². The number of benzene rings is 2. The summed E-state index contributed by atoms with van der Waals surface area (Å²) in [4.78, 5) is 0. The van der Waals surface area contributed by atoms with Crippen LogP contribution in [-0.2, 0) is 6.54 Å². The standard InChI is InChI=1S/C15H13FN2/c1-11-5-4-8-14(15(11)16)18-10-13-7-3-2-6-12(13)9-17/h2-8,18H,10H2,1H3. The van der Waals surface area contributed by atoms with Crippen LogP contribution in [0, 0.1) is 24.1 Å². The van der Waals surface area contributed by atoms with E-state index in [9.17, 15) is 4.39 Å². The highest BCUT2D eigenvalue weighted by Gasteiger charge is 2.05. The van der Waals surface area contributed by atoms with Gasteiger partial charge in [-0.3, -0.25) is 0 Å². The SMILES string of the molecule is Cc1cccc(NCc2ccccc2C#N)c1F. The number of hydrogen-bond donors (Lipinski definition) is 1. The van der Waals surface area contributed by atoms with Gasteiger partial charge in [-0.2, -0.15) is 5.26 Å². The van der Waals surface area contributed by atoms with Crippen molar-refractivity contribution >= 4 is 5.69 Å². The van der Waals surface area contributed by atoms with Gasteiger partial charge in [0, 0.05) is 6.54 Å². The molecule has 0 spiro atoms. The number of anilines is 1. The van der Waals surface area contributed by atoms with E-state index in [0.717, 1.165) is 5.56 Å². The fourth-order valence-corrected chi connectivity index (χ4v) is 1.76. The van der Waals surface area contributed by atoms with Crippen molar-refractivity contribution in [3.05, 3.63) is 65.0 Å². The molecule has 0 unspecified atom stereocenters. The van der Waals surface area contributed by atoms with Gasteiger partial charge in [0.15, 0.2) is 0 Å². The van der Waals surface area contributed by atoms with E-state index in [4.69, 9.17) is 5.26 Å². The molecule has 0 radical (unpaired) electrons. The van der Waals surface area contributed by atoms with Gasteiger partial charge in [-0.15, -0.1) is 0 Å². The number of nitrogens with one attached hydrogen (secondary N) is 1. The fourth-order valence-electron chi connectivity index (χ4n) is 1.76. The molecule has 0 heterocycles. The second kappa shape index (κ2) is 5.33. The summed E-state index contributed by atoms with van der Waals surface area (Å²) in [5.74, 6) is -0.244. The van der Waals surface area contributed by atoms with Crippen LogP contribution in [0.15, 0.2) is 42.5 Å². The van der Waals surface area contributed by atoms with E-state index in [-0.39, 0.29) is 5.82 Å². The van der Waals surface area contributed by atoms with Crippen molar-refractivity contribution in [2.75, 3.05) is 5.32 Å². The first-order valence-electron chi connectivity index (χ1n) is 5.69. The Balaban J connectivity index is 2.17. The van der Waals surface area contributed by atoms with Crippen molar-refractivity contribution in [1.29, 1.82) is 5.26 Å². The number of aryl methyl sites for hydroxylation is 1. The number of nitrogens with zero attached hydrogens (tertiary/aromatic N) is 1. The lowest BCUT2D eigenvalue weighted by Gasteiger charge is -2.09. The Morgan fingerprint density at radius 1 is 1.17 bits per heavy atom. The molecular formula is C15H13FN2. The van der Waals surface area contributed by atoms with Crippen LogP contribution < -0.4 is 5.32 Å². The number of rotatable bonds is 3. The zero-order chi connectivity index (χ0) is 13.0. The van der Waals surface area contributed by atoms with Gasteiger partial charge >= 0.3 is 0 Å². The van der Waals surface area contributed by atoms with Gasteiger partial charge in [-0.1, -0.05) is 30.3 Å². The molecule has 0 fully saturated rings. The molecule has 0 aliphatic carbocycles. The molecule has 0 atom stereocenters. The third kappa shape index (κ3) is 2.49. The summed E-state index contributed by atoms with van der Waals surface area (Å²) in [5, 5.41) is 12.0. The van der Waals surface area contributed by atoms with Crippen molar-refractivity contribution in [1.82, 2.24) is 0 Å². The van der Waals surface area contributed by atoms with Gasteiger partial charge in [0.25, 0.3) is 0 Å². The molecule has 0 aliphatic heterocycles. The zero-order valence-electron chi connectivity index (χ0n) is 10.1. The van der Waals surface area contributed by atoms with Crippen molar-refractivity contribution in [3.8, 4) is 6.07 Å². The van der Waals surface area contributed by atoms with E-state index >= 15 is 0 Å². The highest BCUT2D eigenvalue weighted by molar-refractivity contribution is 5.49. The van der Waals surface area contributed by atoms with Crippen molar-refractivity contribution in [3.63, 3.8) is 0 Å². The van der Waals surface area contributed by atoms with E-state index in [1.54, 1.807) is 31.2 Å². The molecule has 3 heteroatoms. The van der Waals surface area contributed by atoms with Crippen LogP contribution in [0.4, 0.5) is 10.1 Å². The molecule has 0 saturated heterocycles. The Morgan fingerprint density at radius 3 is 2.72 bits per heavy atom. The summed E-state index contributed by atoms with van der Waals surface area (Å²) in [7, 11) is 0. The molecule has 0 saturated carbocycles. The monoisotopic (exact) mass is 240 g/mol. The molecule has 0 bridgehead atoms. The summed E-state index contributed by atoms with van der Waals surface area (Å²) >= 11 is 0. The van der Waals surface area contributed by atoms with Gasteiger partial charge in [-0.05, 0) is 30.2 Å². The third-order valence-electron chi connectivity index (χ3n) is 2.80. The molecule has 1 N–H and O–H groups in total. The third-order valence-corrected chi connectivity index (χ3v) is 2.80. The van der Waals surface area contributed by atoms with Crippen LogP contribution >= 0.6 is 0 Å². The molecule has 2 aromatic rings. The summed E-state index contributed by atoms with van der Waals surface area (Å²) < 4.78 is 13.8. The molecule has 0 amide bonds. The summed E-state index contributed by atoms with van der Waals surface area (Å²) in [5.41, 5.74) is 2.54. The van der Waals surface area contributed by atoms with Crippen LogP contribution in [0.5, 0.6) is 0 Å². The van der Waals surface area contributed by atoms with Crippen LogP contribution in [0.25, 0.3) is 0 Å². The lowest BCUT2D eigenvalue weighted by Crippen LogP contribution is -2.03. The van der Waals surface area contributed by atoms with E-state index in [0.29, 0.717) is 23.4 Å². The molecule has 0 aromatic heterocycles. The molecule has 18 heavy (non-hydrogen) atoms. The van der Waals surface area contributed by atoms with Crippen molar-refractivity contribution < 1.29 is 4.39 Å². The molecule has 90 valence electrons. The van der Waals surface area contributed by atoms with E-state index in [2.05, 4.69) is 11.4 Å². The minimum absolute atomic E-state index is 0.244. The topological polar surface area (TPSA) is 35.8 Å². The maximum Gasteiger partial charge on any atom is 0.149 e. The van der Waals surface area contributed by atoms with E-state index in [1.165, 1.54) is 0 Å². The Morgan fingerprint density at radius 2 is 1.94 bits per heavy atom. The highest BCUT2D eigenvalue weighted by atomic mass is 19.1. The predicted molar refractivity (Wildman–Crippen MR) is 69.6 cm³/mol. The minimum Gasteiger partial charge on any atom is -0.379 e. The van der Waals surface area contributed by atoms with Crippen LogP contribution in [0.3, 0.4) is 0 Å². The minimum atomic E-state index is -0.244. The average molecular weight is 240 g/mol. The average Bonchev–Trinajstić information content (AvgIpc) is 2.41. The fraction of sp³-hybridized carbons (Fsp3) is 0.133. The maximum absolute atomic E-state index is 13.8. The first-order valence-corrected chi connectivity index (χ1v) is 5.69. The normalized spacial score (nSPS) is 9.83. The second-order valence-corrected chi connectivity index (χ2v) is 4.06. The zero-order valence-corrected chi connectivity index (χ0v) is 10.1. The van der Waals surface area contributed by atoms with E-state index in [1.807, 2.05) is 18.2 Å². The van der Waals surface area contributed by atoms with Crippen molar-refractivity contribution in [2.45, 2.75) is 13.5 Å². The summed E-state index contributed by atoms with van der Waals surface area (Å²) in [6.45, 7) is 2.16. The number of nitriles is 1. The smallest absolute Gasteiger partial charge is 0.149 e. The van der Waals surface area contributed by atoms with Gasteiger partial charge in [0.2, 0.25) is 0 Å². The highest BCUT2D eigenvalue weighted by Crippen LogP contribution is 2.18. The van der Waals surface area contributed by atoms with Crippen LogP contribution in [-0.4, -0.2) is 0 Å². The second-order valence-electron chi connectivity index (χ2n) is 4.06. The van der Waals surface area contributed by atoms with E-state index < -0.39 is 0 Å². The first-order chi connectivity index (χ1) is 8.72. The Bertz CT molecular complexity index is 600. The molecule has 0 aliphatic rings. The lowest BCUT2D eigenvalue weighted by atomic mass is 10.1. The van der Waals surface area contributed by atoms with Crippen LogP contribution in [0.2, 0.25) is 0 Å². The predicted octanol–water partition coefficient (Wildman–Crippen LogP) is 3.62. The molecule has 2 rings (SSSR count). The molecular weight excluding hydrogens is 227 g/mol. The Labute approximate surface area is 106 Å². The molecule has 2 aromatic carbocycles. The summed E-state index contributed by atoms with van der Waals surface area (Å²) in [6, 6.07) is 14.6. The van der Waals surface area contributed by atoms with Gasteiger partial charge < -0.3 is 5.32 Å². The lowest BCUT2D eigenvalue weighted by molar-refractivity contribution is 0.621. The van der Waals surface area contributed by atoms with Gasteiger partial charge in [0.1, 0.15) is 5.82 Å². The summed E-state index contributed by atoms with van der Waals surface area (Å²) in [6.07, 6.45) is 0. The maximum atomic E-state index is 13.8. The largest absolute Gasteiger partial charge is 0.379 e. The Kier molecular flexibility index (Phi) is 3.59. The Hall–Kier alpha value is -2.34.